The molecule has 4 aromatic rings. The van der Waals surface area contributed by atoms with Gasteiger partial charge in [-0.2, -0.15) is 16.8 Å². The molecule has 4 saturated carbocycles. The standard InChI is InChI=1S/C26H34O8S2.C22H22/c1-23(2)17-9-11-25(23,21(27)13-17)15-35(29,30)33-19-7-5-6-8-20(19)34-36(31,32)16-26-12-10-18(14-22(26)28)24(26,3)4;1-17-7-11-19(12-8-17)15-21-5-3-4-6-22(21)16-20-13-9-18(2)10-14-20/h5-8,17-18H,9-16H2,1-4H3;3-14H,15-16H2,1-2H3. The molecule has 0 aromatic heterocycles. The SMILES string of the molecule is CC1(C)C2CCC1(CS(=O)(=O)Oc1ccccc1OS(=O)(=O)CC13CCC(CC1=O)C3(C)C)C(=O)C2.Cc1ccc(Cc2ccccc2Cc2ccc(C)cc2)cc1. The molecule has 0 heterocycles. The van der Waals surface area contributed by atoms with E-state index in [4.69, 9.17) is 8.37 Å². The number of fused-ring (bicyclic) bond motifs is 4. The molecule has 4 unspecified atom stereocenters. The van der Waals surface area contributed by atoms with Crippen LogP contribution in [0.15, 0.2) is 97.1 Å². The van der Waals surface area contributed by atoms with E-state index in [1.54, 1.807) is 0 Å². The molecule has 4 atom stereocenters. The molecule has 8 nitrogen and oxygen atoms in total. The number of carbonyl (C=O) groups excluding carboxylic acids is 2. The lowest BCUT2D eigenvalue weighted by molar-refractivity contribution is -0.128. The summed E-state index contributed by atoms with van der Waals surface area (Å²) in [7, 11) is -8.51. The van der Waals surface area contributed by atoms with E-state index >= 15 is 0 Å². The fourth-order valence-corrected chi connectivity index (χ4v) is 14.0. The average Bonchev–Trinajstić information content (AvgIpc) is 3.68. The van der Waals surface area contributed by atoms with Crippen LogP contribution in [0.3, 0.4) is 0 Å². The first kappa shape index (κ1) is 41.9. The van der Waals surface area contributed by atoms with Gasteiger partial charge in [0.15, 0.2) is 11.5 Å². The number of Topliss-reactive ketones (excluding diaryl/α,β-unsaturated/α-hetero) is 2. The van der Waals surface area contributed by atoms with Gasteiger partial charge in [-0.3, -0.25) is 9.59 Å². The number of para-hydroxylation sites is 2. The molecule has 4 fully saturated rings. The van der Waals surface area contributed by atoms with Crippen molar-refractivity contribution in [3.8, 4) is 11.5 Å². The molecule has 4 aromatic carbocycles. The summed E-state index contributed by atoms with van der Waals surface area (Å²) in [5.74, 6) is -1.24. The normalized spacial score (nSPS) is 25.3. The zero-order valence-corrected chi connectivity index (χ0v) is 36.2. The zero-order valence-electron chi connectivity index (χ0n) is 34.5. The minimum Gasteiger partial charge on any atom is -0.378 e. The van der Waals surface area contributed by atoms with Gasteiger partial charge in [-0.15, -0.1) is 0 Å². The van der Waals surface area contributed by atoms with E-state index in [2.05, 4.69) is 86.6 Å². The van der Waals surface area contributed by atoms with Crippen molar-refractivity contribution in [3.63, 3.8) is 0 Å². The summed E-state index contributed by atoms with van der Waals surface area (Å²) in [4.78, 5) is 25.6. The van der Waals surface area contributed by atoms with Gasteiger partial charge in [0, 0.05) is 12.8 Å². The highest BCUT2D eigenvalue weighted by Crippen LogP contribution is 2.65. The highest BCUT2D eigenvalue weighted by molar-refractivity contribution is 7.87. The number of hydrogen-bond acceptors (Lipinski definition) is 8. The van der Waals surface area contributed by atoms with Crippen LogP contribution >= 0.6 is 0 Å². The van der Waals surface area contributed by atoms with E-state index < -0.39 is 53.4 Å². The number of rotatable bonds is 12. The Morgan fingerprint density at radius 3 is 1.19 bits per heavy atom. The Kier molecular flexibility index (Phi) is 11.1. The molecule has 308 valence electrons. The van der Waals surface area contributed by atoms with Gasteiger partial charge in [-0.1, -0.05) is 124 Å². The molecular weight excluding hydrogens is 769 g/mol. The Hall–Kier alpha value is -4.28. The molecule has 4 aliphatic carbocycles. The van der Waals surface area contributed by atoms with Gasteiger partial charge in [-0.25, -0.2) is 0 Å². The molecule has 4 bridgehead atoms. The van der Waals surface area contributed by atoms with Gasteiger partial charge in [-0.05, 0) is 109 Å². The largest absolute Gasteiger partial charge is 0.378 e. The lowest BCUT2D eigenvalue weighted by Crippen LogP contribution is -2.43. The van der Waals surface area contributed by atoms with E-state index in [1.165, 1.54) is 57.6 Å². The summed E-state index contributed by atoms with van der Waals surface area (Å²) in [5.41, 5.74) is 5.30. The van der Waals surface area contributed by atoms with Gasteiger partial charge < -0.3 is 8.37 Å². The van der Waals surface area contributed by atoms with E-state index in [0.717, 1.165) is 25.7 Å². The first-order valence-corrected chi connectivity index (χ1v) is 23.6. The van der Waals surface area contributed by atoms with Gasteiger partial charge in [0.25, 0.3) is 0 Å². The first-order chi connectivity index (χ1) is 27.3. The zero-order chi connectivity index (χ0) is 41.7. The summed E-state index contributed by atoms with van der Waals surface area (Å²) in [5, 5.41) is 0. The molecule has 0 spiro atoms. The third kappa shape index (κ3) is 7.91. The number of hydrogen-bond donors (Lipinski definition) is 0. The van der Waals surface area contributed by atoms with Crippen LogP contribution in [0.4, 0.5) is 0 Å². The quantitative estimate of drug-likeness (QED) is 0.130. The minimum atomic E-state index is -4.25. The summed E-state index contributed by atoms with van der Waals surface area (Å²) in [6, 6.07) is 32.2. The third-order valence-electron chi connectivity index (χ3n) is 14.6. The number of benzene rings is 4. The van der Waals surface area contributed by atoms with Crippen molar-refractivity contribution in [1.29, 1.82) is 0 Å². The molecule has 0 aliphatic heterocycles. The molecule has 10 heteroatoms. The molecule has 0 N–H and O–H groups in total. The predicted molar refractivity (Wildman–Crippen MR) is 227 cm³/mol. The van der Waals surface area contributed by atoms with E-state index in [1.807, 2.05) is 27.7 Å². The van der Waals surface area contributed by atoms with Crippen LogP contribution in [0.5, 0.6) is 11.5 Å². The van der Waals surface area contributed by atoms with Crippen molar-refractivity contribution in [2.24, 2.45) is 33.5 Å². The van der Waals surface area contributed by atoms with Crippen molar-refractivity contribution >= 4 is 31.8 Å². The lowest BCUT2D eigenvalue weighted by atomic mass is 9.70. The van der Waals surface area contributed by atoms with E-state index in [9.17, 15) is 26.4 Å². The Morgan fingerprint density at radius 2 is 0.879 bits per heavy atom. The lowest BCUT2D eigenvalue weighted by Gasteiger charge is -2.36. The number of aryl methyl sites for hydroxylation is 2. The van der Waals surface area contributed by atoms with Gasteiger partial charge >= 0.3 is 20.2 Å². The summed E-state index contributed by atoms with van der Waals surface area (Å²) >= 11 is 0. The van der Waals surface area contributed by atoms with Crippen LogP contribution in [-0.2, 0) is 42.7 Å². The Balaban J connectivity index is 0.000000199. The van der Waals surface area contributed by atoms with Crippen LogP contribution in [0.25, 0.3) is 0 Å². The third-order valence-corrected chi connectivity index (χ3v) is 17.1. The second-order valence-corrected chi connectivity index (χ2v) is 21.6. The van der Waals surface area contributed by atoms with Gasteiger partial charge in [0.05, 0.1) is 22.3 Å². The second kappa shape index (κ2) is 15.4. The minimum absolute atomic E-state index is 0.0546. The maximum absolute atomic E-state index is 13.2. The molecule has 0 amide bonds. The van der Waals surface area contributed by atoms with Crippen molar-refractivity contribution in [2.45, 2.75) is 92.9 Å². The molecule has 0 saturated heterocycles. The first-order valence-electron chi connectivity index (χ1n) is 20.4. The van der Waals surface area contributed by atoms with Crippen LogP contribution in [0.1, 0.15) is 99.6 Å². The van der Waals surface area contributed by atoms with Crippen molar-refractivity contribution in [1.82, 2.24) is 0 Å². The highest BCUT2D eigenvalue weighted by atomic mass is 32.2. The fraction of sp³-hybridized carbons (Fsp3) is 0.458. The molecule has 8 rings (SSSR count). The summed E-state index contributed by atoms with van der Waals surface area (Å²) in [6.07, 6.45) is 5.33. The Bertz CT molecular complexity index is 2250. The molecule has 4 aliphatic rings. The van der Waals surface area contributed by atoms with Crippen molar-refractivity contribution in [3.05, 3.63) is 130 Å². The van der Waals surface area contributed by atoms with E-state index in [0.29, 0.717) is 25.7 Å². The fourth-order valence-electron chi connectivity index (χ4n) is 10.5. The van der Waals surface area contributed by atoms with Crippen LogP contribution in [0, 0.1) is 47.3 Å². The smallest absolute Gasteiger partial charge is 0.310 e. The average molecular weight is 825 g/mol. The van der Waals surface area contributed by atoms with Gasteiger partial charge in [0.1, 0.15) is 11.6 Å². The molecule has 0 radical (unpaired) electrons. The van der Waals surface area contributed by atoms with Crippen molar-refractivity contribution < 1.29 is 34.8 Å². The van der Waals surface area contributed by atoms with Crippen LogP contribution in [0.2, 0.25) is 0 Å². The summed E-state index contributed by atoms with van der Waals surface area (Å²) in [6.45, 7) is 12.0. The molecular formula is C48H56O8S2. The van der Waals surface area contributed by atoms with Gasteiger partial charge in [0.2, 0.25) is 0 Å². The number of ketones is 2. The maximum Gasteiger partial charge on any atom is 0.310 e. The second-order valence-electron chi connectivity index (χ2n) is 18.4. The van der Waals surface area contributed by atoms with E-state index in [-0.39, 0.29) is 34.9 Å². The van der Waals surface area contributed by atoms with Crippen LogP contribution < -0.4 is 8.37 Å². The topological polar surface area (TPSA) is 121 Å². The number of carbonyl (C=O) groups is 2. The monoisotopic (exact) mass is 824 g/mol. The predicted octanol–water partition coefficient (Wildman–Crippen LogP) is 9.38. The highest BCUT2D eigenvalue weighted by Gasteiger charge is 2.67. The molecule has 58 heavy (non-hydrogen) atoms. The summed E-state index contributed by atoms with van der Waals surface area (Å²) < 4.78 is 63.5. The maximum atomic E-state index is 13.2. The Morgan fingerprint density at radius 1 is 0.534 bits per heavy atom. The van der Waals surface area contributed by atoms with Crippen molar-refractivity contribution in [2.75, 3.05) is 11.5 Å². The Labute approximate surface area is 345 Å². The van der Waals surface area contributed by atoms with Crippen LogP contribution in [-0.4, -0.2) is 39.9 Å².